The van der Waals surface area contributed by atoms with Gasteiger partial charge in [0.05, 0.1) is 4.88 Å². The Labute approximate surface area is 81.3 Å². The molecular weight excluding hydrogens is 182 g/mol. The monoisotopic (exact) mass is 193 g/mol. The van der Waals surface area contributed by atoms with Crippen molar-refractivity contribution in [1.29, 1.82) is 0 Å². The fourth-order valence-electron chi connectivity index (χ4n) is 0.826. The maximum atomic E-state index is 10.9. The Kier molecular flexibility index (Phi) is 3.46. The van der Waals surface area contributed by atoms with Crippen LogP contribution in [0.15, 0.2) is 35.7 Å². The average molecular weight is 193 g/mol. The number of nitrogens with two attached hydrogens (primary N) is 1. The van der Waals surface area contributed by atoms with Crippen LogP contribution in [0.25, 0.3) is 0 Å². The molecule has 2 N–H and O–H groups in total. The summed E-state index contributed by atoms with van der Waals surface area (Å²) in [5.41, 5.74) is 6.30. The van der Waals surface area contributed by atoms with E-state index >= 15 is 0 Å². The van der Waals surface area contributed by atoms with E-state index in [0.717, 1.165) is 5.56 Å². The molecule has 0 fully saturated rings. The first-order chi connectivity index (χ1) is 6.20. The summed E-state index contributed by atoms with van der Waals surface area (Å²) in [6.07, 6.45) is 0. The van der Waals surface area contributed by atoms with Gasteiger partial charge in [0.15, 0.2) is 0 Å². The van der Waals surface area contributed by atoms with Gasteiger partial charge in [-0.3, -0.25) is 4.79 Å². The molecule has 0 radical (unpaired) electrons. The van der Waals surface area contributed by atoms with Crippen LogP contribution < -0.4 is 5.73 Å². The number of amides is 1. The third-order valence-electron chi connectivity index (χ3n) is 1.48. The Morgan fingerprint density at radius 3 is 2.69 bits per heavy atom. The van der Waals surface area contributed by atoms with Crippen molar-refractivity contribution in [3.05, 3.63) is 46.2 Å². The first-order valence-electron chi connectivity index (χ1n) is 3.88. The van der Waals surface area contributed by atoms with Crippen molar-refractivity contribution in [1.82, 2.24) is 0 Å². The molecule has 0 aliphatic carbocycles. The summed E-state index contributed by atoms with van der Waals surface area (Å²) < 4.78 is 0. The zero-order chi connectivity index (χ0) is 9.68. The van der Waals surface area contributed by atoms with Gasteiger partial charge in [0.1, 0.15) is 0 Å². The topological polar surface area (TPSA) is 43.1 Å². The summed E-state index contributed by atoms with van der Waals surface area (Å²) in [6, 6.07) is 9.35. The number of primary amides is 1. The normalized spacial score (nSPS) is 9.00. The highest BCUT2D eigenvalue weighted by Gasteiger charge is 1.94. The van der Waals surface area contributed by atoms with Crippen LogP contribution in [-0.2, 0) is 0 Å². The second-order valence-electron chi connectivity index (χ2n) is 2.61. The van der Waals surface area contributed by atoms with E-state index in [4.69, 9.17) is 5.73 Å². The van der Waals surface area contributed by atoms with Crippen LogP contribution in [0.4, 0.5) is 0 Å². The van der Waals surface area contributed by atoms with Crippen LogP contribution in [-0.4, -0.2) is 5.91 Å². The van der Waals surface area contributed by atoms with Gasteiger partial charge in [-0.2, -0.15) is 0 Å². The minimum Gasteiger partial charge on any atom is -0.365 e. The van der Waals surface area contributed by atoms with Gasteiger partial charge < -0.3 is 5.73 Å². The highest BCUT2D eigenvalue weighted by molar-refractivity contribution is 7.11. The molecule has 3 heteroatoms. The summed E-state index contributed by atoms with van der Waals surface area (Å²) in [5.74, 6) is -0.390. The van der Waals surface area contributed by atoms with E-state index in [0.29, 0.717) is 4.88 Å². The molecule has 1 rings (SSSR count). The summed E-state index contributed by atoms with van der Waals surface area (Å²) in [7, 11) is 0. The lowest BCUT2D eigenvalue weighted by Gasteiger charge is -1.85. The van der Waals surface area contributed by atoms with Gasteiger partial charge in [-0.25, -0.2) is 0 Å². The summed E-state index contributed by atoms with van der Waals surface area (Å²) in [6.45, 7) is 1.99. The molecule has 1 amide bonds. The first kappa shape index (κ1) is 9.74. The van der Waals surface area contributed by atoms with E-state index in [-0.39, 0.29) is 5.91 Å². The predicted molar refractivity (Wildman–Crippen MR) is 55.2 cm³/mol. The van der Waals surface area contributed by atoms with Crippen molar-refractivity contribution in [2.75, 3.05) is 0 Å². The van der Waals surface area contributed by atoms with Crippen molar-refractivity contribution in [2.24, 2.45) is 5.73 Å². The molecule has 0 bridgehead atoms. The molecule has 2 nitrogen and oxygen atoms in total. The van der Waals surface area contributed by atoms with E-state index in [1.54, 1.807) is 6.07 Å². The maximum absolute atomic E-state index is 10.9. The number of aryl methyl sites for hydroxylation is 1. The fraction of sp³-hybridized carbons (Fsp3) is 0.100. The van der Waals surface area contributed by atoms with Crippen LogP contribution >= 0.6 is 11.3 Å². The van der Waals surface area contributed by atoms with Gasteiger partial charge in [-0.05, 0) is 18.4 Å². The van der Waals surface area contributed by atoms with Gasteiger partial charge in [-0.15, -0.1) is 11.3 Å². The van der Waals surface area contributed by atoms with Gasteiger partial charge in [0.25, 0.3) is 5.91 Å². The predicted octanol–water partition coefficient (Wildman–Crippen LogP) is 2.28. The van der Waals surface area contributed by atoms with Gasteiger partial charge in [-0.1, -0.05) is 29.8 Å². The lowest BCUT2D eigenvalue weighted by molar-refractivity contribution is 0.100. The lowest BCUT2D eigenvalue weighted by Crippen LogP contribution is -2.08. The number of carbonyl (C=O) groups excluding carboxylic acids is 1. The molecule has 1 heterocycles. The highest BCUT2D eigenvalue weighted by Crippen LogP contribution is 2.03. The Morgan fingerprint density at radius 2 is 2.00 bits per heavy atom. The van der Waals surface area contributed by atoms with Crippen LogP contribution in [0.3, 0.4) is 0 Å². The quantitative estimate of drug-likeness (QED) is 0.730. The number of rotatable bonds is 1. The molecule has 1 aromatic rings. The van der Waals surface area contributed by atoms with Crippen molar-refractivity contribution >= 4 is 17.2 Å². The van der Waals surface area contributed by atoms with Crippen LogP contribution in [0.5, 0.6) is 0 Å². The smallest absolute Gasteiger partial charge is 0.258 e. The van der Waals surface area contributed by atoms with E-state index in [1.165, 1.54) is 11.3 Å². The first-order valence-corrected chi connectivity index (χ1v) is 4.76. The molecule has 0 saturated carbocycles. The Bertz CT molecular complexity index is 356. The van der Waals surface area contributed by atoms with Crippen LogP contribution in [0.1, 0.15) is 15.2 Å². The zero-order valence-corrected chi connectivity index (χ0v) is 8.17. The third-order valence-corrected chi connectivity index (χ3v) is 2.37. The van der Waals surface area contributed by atoms with E-state index in [2.05, 4.69) is 0 Å². The molecule has 0 aromatic carbocycles. The highest BCUT2D eigenvalue weighted by atomic mass is 32.1. The summed E-state index contributed by atoms with van der Waals surface area (Å²) in [4.78, 5) is 11.4. The fourth-order valence-corrected chi connectivity index (χ4v) is 1.40. The maximum Gasteiger partial charge on any atom is 0.258 e. The van der Waals surface area contributed by atoms with Crippen molar-refractivity contribution < 1.29 is 4.79 Å². The summed E-state index contributed by atoms with van der Waals surface area (Å²) in [5, 5.41) is 1.84. The van der Waals surface area contributed by atoms with Gasteiger partial charge >= 0.3 is 0 Å². The van der Waals surface area contributed by atoms with Crippen LogP contribution in [0, 0.1) is 6.92 Å². The van der Waals surface area contributed by atoms with E-state index in [1.807, 2.05) is 36.6 Å². The minimum atomic E-state index is -0.390. The van der Waals surface area contributed by atoms with Gasteiger partial charge in [0, 0.05) is 0 Å². The lowest BCUT2D eigenvalue weighted by atomic mass is 10.3. The Balaban J connectivity index is 3.24. The Hall–Kier alpha value is -1.35. The molecule has 13 heavy (non-hydrogen) atoms. The molecule has 0 spiro atoms. The second-order valence-corrected chi connectivity index (χ2v) is 3.56. The van der Waals surface area contributed by atoms with E-state index < -0.39 is 0 Å². The van der Waals surface area contributed by atoms with E-state index in [9.17, 15) is 4.79 Å². The molecule has 0 unspecified atom stereocenters. The average Bonchev–Trinajstić information content (AvgIpc) is 2.16. The number of carbonyl (C=O) groups is 1. The summed E-state index contributed by atoms with van der Waals surface area (Å²) >= 11 is 1.33. The molecular formula is C10H11NOS. The largest absolute Gasteiger partial charge is 0.365 e. The third kappa shape index (κ3) is 3.25. The van der Waals surface area contributed by atoms with Crippen molar-refractivity contribution in [3.63, 3.8) is 0 Å². The molecule has 0 saturated heterocycles. The SMILES string of the molecule is Cc1cccsc(C(N)=O)ccc1. The second kappa shape index (κ2) is 4.62. The molecule has 0 aliphatic heterocycles. The van der Waals surface area contributed by atoms with Crippen LogP contribution in [0.2, 0.25) is 0 Å². The minimum absolute atomic E-state index is 0.390. The standard InChI is InChI=1S/C10H11NOS/c1-8-4-2-6-9(10(11)12)13-7-3-5-8/h2-7H,1H3,(H2,11,12). The van der Waals surface area contributed by atoms with Gasteiger partial charge in [0.2, 0.25) is 0 Å². The molecule has 1 aromatic heterocycles. The van der Waals surface area contributed by atoms with Crippen molar-refractivity contribution in [2.45, 2.75) is 6.92 Å². The Morgan fingerprint density at radius 1 is 1.31 bits per heavy atom. The molecule has 68 valence electrons. The molecule has 0 atom stereocenters. The molecule has 0 aliphatic rings. The number of hydrogen-bond donors (Lipinski definition) is 1. The van der Waals surface area contributed by atoms with Crippen molar-refractivity contribution in [3.8, 4) is 0 Å². The number of hydrogen-bond acceptors (Lipinski definition) is 2. The zero-order valence-electron chi connectivity index (χ0n) is 7.36.